The first-order valence-corrected chi connectivity index (χ1v) is 12.8. The minimum absolute atomic E-state index is 0.000649. The zero-order valence-corrected chi connectivity index (χ0v) is 21.5. The Hall–Kier alpha value is -4.52. The van der Waals surface area contributed by atoms with Gasteiger partial charge >= 0.3 is 12.1 Å². The number of rotatable bonds is 4. The maximum atomic E-state index is 15.5. The first-order chi connectivity index (χ1) is 19.2. The second-order valence-corrected chi connectivity index (χ2v) is 10.2. The number of fused-ring (bicyclic) bond motifs is 4. The van der Waals surface area contributed by atoms with Gasteiger partial charge in [0.15, 0.2) is 5.41 Å². The Morgan fingerprint density at radius 1 is 1.12 bits per heavy atom. The maximum Gasteiger partial charge on any atom is 0.414 e. The number of hydrogen-bond donors (Lipinski definition) is 3. The molecule has 4 aliphatic heterocycles. The van der Waals surface area contributed by atoms with Crippen LogP contribution in [0, 0.1) is 11.2 Å². The van der Waals surface area contributed by atoms with E-state index in [1.165, 1.54) is 17.9 Å². The monoisotopic (exact) mass is 551 g/mol. The summed E-state index contributed by atoms with van der Waals surface area (Å²) in [4.78, 5) is 64.9. The van der Waals surface area contributed by atoms with E-state index in [2.05, 4.69) is 16.0 Å². The fourth-order valence-electron chi connectivity index (χ4n) is 5.92. The Balaban J connectivity index is 1.31. The lowest BCUT2D eigenvalue weighted by Crippen LogP contribution is -2.73. The standard InChI is InChI=1S/C27H26FN5O7/c1-14(34)29-11-18-12-33(26(38)40-18)17-3-4-19(20(28)9-17)15-2-5-21-16(8-15)10-27(22-13-39-7-6-32(21)22)23(35)30-25(37)31-24(27)36/h2-5,8-9,18,22H,6-7,10-13H2,1H3,(H,29,34)(H2,30,31,35,36,37)/t18-,22?/m0/s1. The van der Waals surface area contributed by atoms with Gasteiger partial charge in [-0.15, -0.1) is 0 Å². The molecule has 2 atom stereocenters. The summed E-state index contributed by atoms with van der Waals surface area (Å²) in [7, 11) is 0. The summed E-state index contributed by atoms with van der Waals surface area (Å²) >= 11 is 0. The van der Waals surface area contributed by atoms with Gasteiger partial charge < -0.3 is 19.7 Å². The van der Waals surface area contributed by atoms with Crippen molar-refractivity contribution in [3.05, 3.63) is 47.8 Å². The van der Waals surface area contributed by atoms with Crippen molar-refractivity contribution in [1.29, 1.82) is 0 Å². The van der Waals surface area contributed by atoms with Gasteiger partial charge in [-0.25, -0.2) is 14.0 Å². The van der Waals surface area contributed by atoms with Crippen LogP contribution in [0.2, 0.25) is 0 Å². The Morgan fingerprint density at radius 3 is 2.62 bits per heavy atom. The zero-order valence-electron chi connectivity index (χ0n) is 21.5. The van der Waals surface area contributed by atoms with Crippen LogP contribution in [0.5, 0.6) is 0 Å². The number of carbonyl (C=O) groups is 5. The van der Waals surface area contributed by atoms with E-state index >= 15 is 4.39 Å². The minimum atomic E-state index is -1.59. The van der Waals surface area contributed by atoms with Crippen LogP contribution in [0.3, 0.4) is 0 Å². The van der Waals surface area contributed by atoms with Crippen molar-refractivity contribution in [3.63, 3.8) is 0 Å². The lowest BCUT2D eigenvalue weighted by atomic mass is 9.68. The molecule has 2 aromatic rings. The normalized spacial score (nSPS) is 23.2. The fraction of sp³-hybridized carbons (Fsp3) is 0.370. The largest absolute Gasteiger partial charge is 0.442 e. The minimum Gasteiger partial charge on any atom is -0.442 e. The highest BCUT2D eigenvalue weighted by Gasteiger charge is 2.60. The Labute approximate surface area is 227 Å². The summed E-state index contributed by atoms with van der Waals surface area (Å²) in [6, 6.07) is 8.25. The molecule has 6 rings (SSSR count). The van der Waals surface area contributed by atoms with E-state index in [1.54, 1.807) is 24.3 Å². The predicted octanol–water partition coefficient (Wildman–Crippen LogP) is 1.07. The van der Waals surface area contributed by atoms with Crippen LogP contribution in [0.15, 0.2) is 36.4 Å². The number of morpholine rings is 1. The number of halogens is 1. The fourth-order valence-corrected chi connectivity index (χ4v) is 5.92. The molecule has 4 heterocycles. The third kappa shape index (κ3) is 4.13. The third-order valence-electron chi connectivity index (χ3n) is 7.85. The number of nitrogens with one attached hydrogen (secondary N) is 3. The summed E-state index contributed by atoms with van der Waals surface area (Å²) in [5.74, 6) is -2.21. The second kappa shape index (κ2) is 9.59. The molecule has 40 heavy (non-hydrogen) atoms. The van der Waals surface area contributed by atoms with Crippen molar-refractivity contribution in [2.75, 3.05) is 42.6 Å². The molecule has 1 unspecified atom stereocenters. The van der Waals surface area contributed by atoms with Gasteiger partial charge in [-0.05, 0) is 47.9 Å². The molecule has 0 aliphatic carbocycles. The van der Waals surface area contributed by atoms with Gasteiger partial charge in [0.05, 0.1) is 38.0 Å². The van der Waals surface area contributed by atoms with E-state index in [0.29, 0.717) is 30.0 Å². The van der Waals surface area contributed by atoms with Crippen LogP contribution in [0.4, 0.5) is 25.4 Å². The molecule has 0 bridgehead atoms. The van der Waals surface area contributed by atoms with E-state index in [4.69, 9.17) is 9.47 Å². The molecule has 1 spiro atoms. The van der Waals surface area contributed by atoms with Crippen LogP contribution in [-0.4, -0.2) is 74.8 Å². The molecular weight excluding hydrogens is 525 g/mol. The molecule has 2 aromatic carbocycles. The number of imide groups is 2. The number of carbonyl (C=O) groups excluding carboxylic acids is 5. The van der Waals surface area contributed by atoms with E-state index in [1.807, 2.05) is 11.0 Å². The average Bonchev–Trinajstić information content (AvgIpc) is 3.30. The number of urea groups is 1. The number of amides is 6. The highest BCUT2D eigenvalue weighted by molar-refractivity contribution is 6.20. The average molecular weight is 552 g/mol. The molecule has 3 N–H and O–H groups in total. The first kappa shape index (κ1) is 25.7. The van der Waals surface area contributed by atoms with Gasteiger partial charge in [0.25, 0.3) is 0 Å². The van der Waals surface area contributed by atoms with E-state index in [0.717, 1.165) is 5.69 Å². The summed E-state index contributed by atoms with van der Waals surface area (Å²) in [5.41, 5.74) is 0.964. The lowest BCUT2D eigenvalue weighted by molar-refractivity contribution is -0.148. The number of ether oxygens (including phenoxy) is 2. The topological polar surface area (TPSA) is 146 Å². The van der Waals surface area contributed by atoms with Crippen LogP contribution >= 0.6 is 0 Å². The van der Waals surface area contributed by atoms with Crippen molar-refractivity contribution in [1.82, 2.24) is 16.0 Å². The summed E-state index contributed by atoms with van der Waals surface area (Å²) in [6.07, 6.45) is -1.19. The molecular formula is C27H26FN5O7. The quantitative estimate of drug-likeness (QED) is 0.479. The highest BCUT2D eigenvalue weighted by atomic mass is 19.1. The summed E-state index contributed by atoms with van der Waals surface area (Å²) in [5, 5.41) is 7.05. The zero-order chi connectivity index (χ0) is 28.2. The highest BCUT2D eigenvalue weighted by Crippen LogP contribution is 2.45. The van der Waals surface area contributed by atoms with Gasteiger partial charge in [-0.1, -0.05) is 6.07 Å². The number of nitrogens with zero attached hydrogens (tertiary/aromatic N) is 2. The first-order valence-electron chi connectivity index (χ1n) is 12.8. The molecule has 208 valence electrons. The molecule has 4 aliphatic rings. The smallest absolute Gasteiger partial charge is 0.414 e. The SMILES string of the molecule is CC(=O)NC[C@H]1CN(c2ccc(-c3ccc4c(c3)CC3(C(=O)NC(=O)NC3=O)C3COCCN43)c(F)c2)C(=O)O1. The van der Waals surface area contributed by atoms with Crippen LogP contribution < -0.4 is 25.8 Å². The lowest BCUT2D eigenvalue weighted by Gasteiger charge is -2.51. The molecule has 6 amide bonds. The third-order valence-corrected chi connectivity index (χ3v) is 7.85. The molecule has 12 nitrogen and oxygen atoms in total. The maximum absolute atomic E-state index is 15.5. The molecule has 0 saturated carbocycles. The van der Waals surface area contributed by atoms with Crippen molar-refractivity contribution in [2.24, 2.45) is 5.41 Å². The van der Waals surface area contributed by atoms with Crippen molar-refractivity contribution >= 4 is 41.2 Å². The molecule has 0 aromatic heterocycles. The van der Waals surface area contributed by atoms with Crippen molar-refractivity contribution in [2.45, 2.75) is 25.5 Å². The van der Waals surface area contributed by atoms with Gasteiger partial charge in [-0.3, -0.25) is 29.9 Å². The number of benzene rings is 2. The van der Waals surface area contributed by atoms with E-state index in [-0.39, 0.29) is 37.6 Å². The molecule has 3 saturated heterocycles. The molecule has 3 fully saturated rings. The van der Waals surface area contributed by atoms with Crippen molar-refractivity contribution < 1.29 is 37.8 Å². The second-order valence-electron chi connectivity index (χ2n) is 10.2. The number of anilines is 2. The summed E-state index contributed by atoms with van der Waals surface area (Å²) < 4.78 is 26.3. The van der Waals surface area contributed by atoms with Gasteiger partial charge in [0.2, 0.25) is 17.7 Å². The Morgan fingerprint density at radius 2 is 1.90 bits per heavy atom. The van der Waals surface area contributed by atoms with E-state index < -0.39 is 47.3 Å². The predicted molar refractivity (Wildman–Crippen MR) is 138 cm³/mol. The van der Waals surface area contributed by atoms with Crippen molar-refractivity contribution in [3.8, 4) is 11.1 Å². The van der Waals surface area contributed by atoms with E-state index in [9.17, 15) is 24.0 Å². The van der Waals surface area contributed by atoms with Gasteiger partial charge in [0, 0.05) is 24.7 Å². The van der Waals surface area contributed by atoms with Crippen LogP contribution in [0.1, 0.15) is 12.5 Å². The molecule has 0 radical (unpaired) electrons. The van der Waals surface area contributed by atoms with Crippen LogP contribution in [-0.2, 0) is 30.3 Å². The molecule has 13 heteroatoms. The Bertz CT molecular complexity index is 1440. The number of cyclic esters (lactones) is 1. The number of barbiturate groups is 1. The Kier molecular flexibility index (Phi) is 6.17. The van der Waals surface area contributed by atoms with Gasteiger partial charge in [0.1, 0.15) is 11.9 Å². The summed E-state index contributed by atoms with van der Waals surface area (Å²) in [6.45, 7) is 2.65. The van der Waals surface area contributed by atoms with Crippen LogP contribution in [0.25, 0.3) is 11.1 Å². The van der Waals surface area contributed by atoms with Gasteiger partial charge in [-0.2, -0.15) is 0 Å². The number of hydrogen-bond acceptors (Lipinski definition) is 8.